The van der Waals surface area contributed by atoms with Crippen LogP contribution in [0.15, 0.2) is 48.5 Å². The lowest BCUT2D eigenvalue weighted by Crippen LogP contribution is -2.22. The van der Waals surface area contributed by atoms with Crippen LogP contribution in [0.3, 0.4) is 0 Å². The molecule has 0 aliphatic rings. The highest BCUT2D eigenvalue weighted by Gasteiger charge is 2.12. The van der Waals surface area contributed by atoms with Gasteiger partial charge in [-0.2, -0.15) is 0 Å². The van der Waals surface area contributed by atoms with Crippen LogP contribution in [0.2, 0.25) is 0 Å². The molecule has 0 saturated heterocycles. The molecule has 0 spiro atoms. The van der Waals surface area contributed by atoms with Gasteiger partial charge in [0, 0.05) is 5.56 Å². The van der Waals surface area contributed by atoms with E-state index in [1.165, 1.54) is 4.70 Å². The molecule has 3 heteroatoms. The molecule has 3 aromatic rings. The van der Waals surface area contributed by atoms with Crippen molar-refractivity contribution < 1.29 is 4.74 Å². The lowest BCUT2D eigenvalue weighted by atomic mass is 10.2. The Labute approximate surface area is 123 Å². The summed E-state index contributed by atoms with van der Waals surface area (Å²) in [6, 6.07) is 16.4. The topological polar surface area (TPSA) is 22.1 Å². The van der Waals surface area contributed by atoms with Gasteiger partial charge in [-0.25, -0.2) is 4.98 Å². The highest BCUT2D eigenvalue weighted by Crippen LogP contribution is 2.31. The van der Waals surface area contributed by atoms with Crippen molar-refractivity contribution in [3.8, 4) is 16.3 Å². The summed E-state index contributed by atoms with van der Waals surface area (Å²) < 4.78 is 7.05. The molecule has 3 rings (SSSR count). The highest BCUT2D eigenvalue weighted by atomic mass is 32.1. The van der Waals surface area contributed by atoms with E-state index in [0.717, 1.165) is 21.8 Å². The molecule has 0 atom stereocenters. The third-order valence-electron chi connectivity index (χ3n) is 2.82. The molecular formula is C17H17NOS. The average Bonchev–Trinajstić information content (AvgIpc) is 2.81. The summed E-state index contributed by atoms with van der Waals surface area (Å²) in [5.41, 5.74) is 2.02. The standard InChI is InChI=1S/C17H17NOS/c1-17(2,3)19-13-10-8-12(9-11-13)16-18-14-6-4-5-7-15(14)20-16/h4-11H,1-3H3. The summed E-state index contributed by atoms with van der Waals surface area (Å²) in [5.74, 6) is 0.891. The first-order chi connectivity index (χ1) is 9.51. The van der Waals surface area contributed by atoms with Gasteiger partial charge in [0.25, 0.3) is 0 Å². The minimum atomic E-state index is -0.169. The van der Waals surface area contributed by atoms with Crippen molar-refractivity contribution >= 4 is 21.6 Å². The number of ether oxygens (including phenoxy) is 1. The van der Waals surface area contributed by atoms with Crippen LogP contribution in [0.5, 0.6) is 5.75 Å². The molecule has 2 aromatic carbocycles. The van der Waals surface area contributed by atoms with Gasteiger partial charge in [0.05, 0.1) is 10.2 Å². The Hall–Kier alpha value is -1.87. The number of benzene rings is 2. The van der Waals surface area contributed by atoms with E-state index >= 15 is 0 Å². The van der Waals surface area contributed by atoms with Crippen molar-refractivity contribution in [1.29, 1.82) is 0 Å². The van der Waals surface area contributed by atoms with Crippen LogP contribution < -0.4 is 4.74 Å². The first-order valence-corrected chi connectivity index (χ1v) is 7.48. The Morgan fingerprint density at radius 1 is 0.950 bits per heavy atom. The summed E-state index contributed by atoms with van der Waals surface area (Å²) >= 11 is 1.72. The molecule has 0 radical (unpaired) electrons. The summed E-state index contributed by atoms with van der Waals surface area (Å²) in [6.45, 7) is 6.15. The second-order valence-corrected chi connectivity index (χ2v) is 6.76. The summed E-state index contributed by atoms with van der Waals surface area (Å²) in [7, 11) is 0. The molecule has 1 aromatic heterocycles. The van der Waals surface area contributed by atoms with Crippen molar-refractivity contribution in [2.24, 2.45) is 0 Å². The molecule has 0 amide bonds. The van der Waals surface area contributed by atoms with E-state index < -0.39 is 0 Å². The second-order valence-electron chi connectivity index (χ2n) is 5.73. The van der Waals surface area contributed by atoms with Gasteiger partial charge in [0.1, 0.15) is 16.4 Å². The fourth-order valence-corrected chi connectivity index (χ4v) is 2.99. The van der Waals surface area contributed by atoms with Crippen LogP contribution in [-0.2, 0) is 0 Å². The van der Waals surface area contributed by atoms with Gasteiger partial charge >= 0.3 is 0 Å². The Bertz CT molecular complexity index is 690. The molecule has 1 heterocycles. The molecule has 2 nitrogen and oxygen atoms in total. The number of hydrogen-bond acceptors (Lipinski definition) is 3. The van der Waals surface area contributed by atoms with E-state index in [9.17, 15) is 0 Å². The van der Waals surface area contributed by atoms with E-state index in [1.807, 2.05) is 30.3 Å². The lowest BCUT2D eigenvalue weighted by molar-refractivity contribution is 0.131. The maximum absolute atomic E-state index is 5.83. The average molecular weight is 283 g/mol. The molecule has 0 unspecified atom stereocenters. The van der Waals surface area contributed by atoms with E-state index in [4.69, 9.17) is 4.74 Å². The molecule has 0 bridgehead atoms. The van der Waals surface area contributed by atoms with Gasteiger partial charge in [-0.05, 0) is 57.2 Å². The van der Waals surface area contributed by atoms with Crippen molar-refractivity contribution in [1.82, 2.24) is 4.98 Å². The minimum absolute atomic E-state index is 0.169. The largest absolute Gasteiger partial charge is 0.488 e. The van der Waals surface area contributed by atoms with E-state index in [1.54, 1.807) is 11.3 Å². The van der Waals surface area contributed by atoms with Gasteiger partial charge < -0.3 is 4.74 Å². The normalized spacial score (nSPS) is 11.8. The van der Waals surface area contributed by atoms with E-state index in [0.29, 0.717) is 0 Å². The molecular weight excluding hydrogens is 266 g/mol. The number of thiazole rings is 1. The zero-order valence-corrected chi connectivity index (χ0v) is 12.7. The predicted molar refractivity (Wildman–Crippen MR) is 85.4 cm³/mol. The van der Waals surface area contributed by atoms with Crippen LogP contribution in [0.4, 0.5) is 0 Å². The van der Waals surface area contributed by atoms with Crippen LogP contribution in [-0.4, -0.2) is 10.6 Å². The quantitative estimate of drug-likeness (QED) is 0.649. The van der Waals surface area contributed by atoms with Crippen LogP contribution >= 0.6 is 11.3 Å². The third kappa shape index (κ3) is 2.83. The van der Waals surface area contributed by atoms with Gasteiger partial charge in [0.15, 0.2) is 0 Å². The number of nitrogens with zero attached hydrogens (tertiary/aromatic N) is 1. The molecule has 20 heavy (non-hydrogen) atoms. The molecule has 0 aliphatic carbocycles. The molecule has 0 aliphatic heterocycles. The summed E-state index contributed by atoms with van der Waals surface area (Å²) in [4.78, 5) is 4.66. The van der Waals surface area contributed by atoms with Gasteiger partial charge in [-0.3, -0.25) is 0 Å². The number of rotatable bonds is 2. The minimum Gasteiger partial charge on any atom is -0.488 e. The van der Waals surface area contributed by atoms with Gasteiger partial charge in [-0.1, -0.05) is 12.1 Å². The number of hydrogen-bond donors (Lipinski definition) is 0. The molecule has 0 saturated carbocycles. The first kappa shape index (κ1) is 13.1. The predicted octanol–water partition coefficient (Wildman–Crippen LogP) is 5.14. The Kier molecular flexibility index (Phi) is 3.22. The van der Waals surface area contributed by atoms with Crippen molar-refractivity contribution in [2.45, 2.75) is 26.4 Å². The van der Waals surface area contributed by atoms with Crippen LogP contribution in [0, 0.1) is 0 Å². The monoisotopic (exact) mass is 283 g/mol. The van der Waals surface area contributed by atoms with Crippen molar-refractivity contribution in [2.75, 3.05) is 0 Å². The number of aromatic nitrogens is 1. The fraction of sp³-hybridized carbons (Fsp3) is 0.235. The lowest BCUT2D eigenvalue weighted by Gasteiger charge is -2.21. The number of para-hydroxylation sites is 1. The van der Waals surface area contributed by atoms with Gasteiger partial charge in [-0.15, -0.1) is 11.3 Å². The first-order valence-electron chi connectivity index (χ1n) is 6.66. The summed E-state index contributed by atoms with van der Waals surface area (Å²) in [6.07, 6.45) is 0. The van der Waals surface area contributed by atoms with Gasteiger partial charge in [0.2, 0.25) is 0 Å². The van der Waals surface area contributed by atoms with Crippen molar-refractivity contribution in [3.05, 3.63) is 48.5 Å². The third-order valence-corrected chi connectivity index (χ3v) is 3.90. The molecule has 0 fully saturated rings. The second kappa shape index (κ2) is 4.91. The number of fused-ring (bicyclic) bond motifs is 1. The zero-order valence-electron chi connectivity index (χ0n) is 11.9. The van der Waals surface area contributed by atoms with E-state index in [2.05, 4.69) is 44.0 Å². The smallest absolute Gasteiger partial charge is 0.124 e. The summed E-state index contributed by atoms with van der Waals surface area (Å²) in [5, 5.41) is 1.05. The van der Waals surface area contributed by atoms with Crippen LogP contribution in [0.1, 0.15) is 20.8 Å². The Morgan fingerprint density at radius 2 is 1.65 bits per heavy atom. The van der Waals surface area contributed by atoms with E-state index in [-0.39, 0.29) is 5.60 Å². The van der Waals surface area contributed by atoms with Crippen molar-refractivity contribution in [3.63, 3.8) is 0 Å². The molecule has 102 valence electrons. The fourth-order valence-electron chi connectivity index (χ4n) is 2.01. The van der Waals surface area contributed by atoms with Crippen LogP contribution in [0.25, 0.3) is 20.8 Å². The Balaban J connectivity index is 1.90. The maximum Gasteiger partial charge on any atom is 0.124 e. The zero-order chi connectivity index (χ0) is 14.2. The molecule has 0 N–H and O–H groups in total. The highest BCUT2D eigenvalue weighted by molar-refractivity contribution is 7.21. The maximum atomic E-state index is 5.83. The SMILES string of the molecule is CC(C)(C)Oc1ccc(-c2nc3ccccc3s2)cc1. The Morgan fingerprint density at radius 3 is 2.30 bits per heavy atom.